The summed E-state index contributed by atoms with van der Waals surface area (Å²) in [6.45, 7) is 3.34. The zero-order chi connectivity index (χ0) is 17.8. The Labute approximate surface area is 146 Å². The molecule has 1 N–H and O–H groups in total. The summed E-state index contributed by atoms with van der Waals surface area (Å²) in [5.41, 5.74) is 3.20. The minimum absolute atomic E-state index is 0.0437. The molecule has 1 aromatic carbocycles. The summed E-state index contributed by atoms with van der Waals surface area (Å²) in [5.74, 6) is -0.964. The van der Waals surface area contributed by atoms with Crippen LogP contribution in [0.15, 0.2) is 36.7 Å². The van der Waals surface area contributed by atoms with Gasteiger partial charge >= 0.3 is 5.97 Å². The number of benzene rings is 1. The molecule has 1 aliphatic rings. The van der Waals surface area contributed by atoms with E-state index in [0.717, 1.165) is 24.8 Å². The maximum absolute atomic E-state index is 12.4. The molecule has 0 spiro atoms. The van der Waals surface area contributed by atoms with Gasteiger partial charge in [-0.1, -0.05) is 24.3 Å². The number of ether oxygens (including phenoxy) is 1. The molecule has 3 rings (SSSR count). The van der Waals surface area contributed by atoms with E-state index in [9.17, 15) is 9.59 Å². The van der Waals surface area contributed by atoms with Gasteiger partial charge in [0.05, 0.1) is 17.9 Å². The summed E-state index contributed by atoms with van der Waals surface area (Å²) >= 11 is 0. The van der Waals surface area contributed by atoms with Gasteiger partial charge in [-0.15, -0.1) is 0 Å². The average molecular weight is 339 g/mol. The van der Waals surface area contributed by atoms with E-state index in [1.165, 1.54) is 18.0 Å². The summed E-state index contributed by atoms with van der Waals surface area (Å²) in [4.78, 5) is 32.4. The van der Waals surface area contributed by atoms with Crippen LogP contribution in [-0.4, -0.2) is 27.9 Å². The lowest BCUT2D eigenvalue weighted by molar-refractivity contribution is -0.130. The van der Waals surface area contributed by atoms with Crippen molar-refractivity contribution in [3.05, 3.63) is 59.2 Å². The van der Waals surface area contributed by atoms with Crippen LogP contribution in [0.1, 0.15) is 53.1 Å². The summed E-state index contributed by atoms with van der Waals surface area (Å²) in [6, 6.07) is 8.07. The topological polar surface area (TPSA) is 81.2 Å². The molecule has 0 bridgehead atoms. The lowest BCUT2D eigenvalue weighted by Gasteiger charge is -2.27. The second-order valence-electron chi connectivity index (χ2n) is 6.24. The van der Waals surface area contributed by atoms with Crippen LogP contribution in [-0.2, 0) is 16.0 Å². The summed E-state index contributed by atoms with van der Waals surface area (Å²) < 4.78 is 5.21. The number of hydrogen-bond donors (Lipinski definition) is 1. The molecule has 0 radical (unpaired) electrons. The third-order valence-corrected chi connectivity index (χ3v) is 4.33. The molecule has 6 heteroatoms. The van der Waals surface area contributed by atoms with Crippen LogP contribution in [0, 0.1) is 6.92 Å². The van der Waals surface area contributed by atoms with E-state index in [0.29, 0.717) is 5.69 Å². The van der Waals surface area contributed by atoms with Gasteiger partial charge in [-0.25, -0.2) is 9.78 Å². The maximum Gasteiger partial charge on any atom is 0.359 e. The van der Waals surface area contributed by atoms with Gasteiger partial charge in [0.1, 0.15) is 0 Å². The number of nitrogens with zero attached hydrogens (tertiary/aromatic N) is 2. The Bertz CT molecular complexity index is 774. The molecule has 0 saturated heterocycles. The first-order chi connectivity index (χ1) is 12.0. The molecule has 0 saturated carbocycles. The van der Waals surface area contributed by atoms with Crippen LogP contribution in [0.4, 0.5) is 0 Å². The first kappa shape index (κ1) is 17.1. The Balaban J connectivity index is 1.62. The van der Waals surface area contributed by atoms with Crippen molar-refractivity contribution in [1.29, 1.82) is 0 Å². The summed E-state index contributed by atoms with van der Waals surface area (Å²) in [6.07, 6.45) is 4.87. The van der Waals surface area contributed by atoms with Gasteiger partial charge in [-0.3, -0.25) is 9.78 Å². The number of carbonyl (C=O) groups excluding carboxylic acids is 2. The lowest BCUT2D eigenvalue weighted by Crippen LogP contribution is -2.39. The van der Waals surface area contributed by atoms with E-state index in [4.69, 9.17) is 4.74 Å². The SMILES string of the molecule is Cc1cnc(C(=O)O[C@H](C)C(=O)N[C@@H]2CCCc3ccccc32)cn1. The Kier molecular flexibility index (Phi) is 5.07. The van der Waals surface area contributed by atoms with Crippen molar-refractivity contribution in [3.63, 3.8) is 0 Å². The Morgan fingerprint density at radius 3 is 2.80 bits per heavy atom. The molecule has 2 atom stereocenters. The molecule has 1 aromatic heterocycles. The van der Waals surface area contributed by atoms with Crippen molar-refractivity contribution in [3.8, 4) is 0 Å². The fourth-order valence-corrected chi connectivity index (χ4v) is 2.97. The second-order valence-corrected chi connectivity index (χ2v) is 6.24. The number of aromatic nitrogens is 2. The average Bonchev–Trinajstić information content (AvgIpc) is 2.62. The number of aryl methyl sites for hydroxylation is 2. The molecule has 2 aromatic rings. The van der Waals surface area contributed by atoms with Crippen molar-refractivity contribution < 1.29 is 14.3 Å². The lowest BCUT2D eigenvalue weighted by atomic mass is 9.87. The standard InChI is InChI=1S/C19H21N3O3/c1-12-10-21-17(11-20-12)19(24)25-13(2)18(23)22-16-9-5-7-14-6-3-4-8-15(14)16/h3-4,6,8,10-11,13,16H,5,7,9H2,1-2H3,(H,22,23)/t13-,16-/m1/s1. The smallest absolute Gasteiger partial charge is 0.359 e. The molecule has 1 amide bonds. The highest BCUT2D eigenvalue weighted by atomic mass is 16.5. The van der Waals surface area contributed by atoms with Crippen molar-refractivity contribution in [1.82, 2.24) is 15.3 Å². The molecule has 0 aliphatic heterocycles. The molecule has 0 unspecified atom stereocenters. The van der Waals surface area contributed by atoms with Crippen molar-refractivity contribution in [2.24, 2.45) is 0 Å². The number of amides is 1. The molecule has 130 valence electrons. The highest BCUT2D eigenvalue weighted by Gasteiger charge is 2.25. The molecule has 1 heterocycles. The van der Waals surface area contributed by atoms with Crippen LogP contribution >= 0.6 is 0 Å². The van der Waals surface area contributed by atoms with Gasteiger partial charge in [-0.2, -0.15) is 0 Å². The van der Waals surface area contributed by atoms with E-state index < -0.39 is 12.1 Å². The van der Waals surface area contributed by atoms with Crippen LogP contribution in [0.2, 0.25) is 0 Å². The van der Waals surface area contributed by atoms with E-state index in [2.05, 4.69) is 21.4 Å². The van der Waals surface area contributed by atoms with Crippen LogP contribution in [0.25, 0.3) is 0 Å². The predicted molar refractivity (Wildman–Crippen MR) is 91.9 cm³/mol. The minimum Gasteiger partial charge on any atom is -0.448 e. The second kappa shape index (κ2) is 7.42. The van der Waals surface area contributed by atoms with Gasteiger partial charge in [0, 0.05) is 6.20 Å². The van der Waals surface area contributed by atoms with Crippen LogP contribution < -0.4 is 5.32 Å². The minimum atomic E-state index is -0.898. The van der Waals surface area contributed by atoms with Gasteiger partial charge in [0.2, 0.25) is 0 Å². The molecule has 6 nitrogen and oxygen atoms in total. The fraction of sp³-hybridized carbons (Fsp3) is 0.368. The van der Waals surface area contributed by atoms with Crippen molar-refractivity contribution in [2.75, 3.05) is 0 Å². The third kappa shape index (κ3) is 4.02. The first-order valence-corrected chi connectivity index (χ1v) is 8.42. The summed E-state index contributed by atoms with van der Waals surface area (Å²) in [7, 11) is 0. The number of hydrogen-bond acceptors (Lipinski definition) is 5. The first-order valence-electron chi connectivity index (χ1n) is 8.42. The monoisotopic (exact) mass is 339 g/mol. The highest BCUT2D eigenvalue weighted by molar-refractivity contribution is 5.90. The van der Waals surface area contributed by atoms with Gasteiger partial charge < -0.3 is 10.1 Å². The molecular formula is C19H21N3O3. The number of rotatable bonds is 4. The maximum atomic E-state index is 12.4. The molecule has 1 aliphatic carbocycles. The van der Waals surface area contributed by atoms with Crippen LogP contribution in [0.3, 0.4) is 0 Å². The van der Waals surface area contributed by atoms with Crippen LogP contribution in [0.5, 0.6) is 0 Å². The van der Waals surface area contributed by atoms with E-state index in [1.807, 2.05) is 18.2 Å². The van der Waals surface area contributed by atoms with Crippen molar-refractivity contribution >= 4 is 11.9 Å². The fourth-order valence-electron chi connectivity index (χ4n) is 2.97. The van der Waals surface area contributed by atoms with Gasteiger partial charge in [-0.05, 0) is 44.2 Å². The van der Waals surface area contributed by atoms with Crippen molar-refractivity contribution in [2.45, 2.75) is 45.3 Å². The zero-order valence-electron chi connectivity index (χ0n) is 14.4. The number of nitrogens with one attached hydrogen (secondary N) is 1. The highest BCUT2D eigenvalue weighted by Crippen LogP contribution is 2.29. The van der Waals surface area contributed by atoms with E-state index in [1.54, 1.807) is 13.8 Å². The van der Waals surface area contributed by atoms with E-state index in [-0.39, 0.29) is 17.6 Å². The number of carbonyl (C=O) groups is 2. The predicted octanol–water partition coefficient (Wildman–Crippen LogP) is 2.52. The van der Waals surface area contributed by atoms with Gasteiger partial charge in [0.25, 0.3) is 5.91 Å². The molecular weight excluding hydrogens is 318 g/mol. The normalized spacial score (nSPS) is 17.3. The number of fused-ring (bicyclic) bond motifs is 1. The molecule has 25 heavy (non-hydrogen) atoms. The van der Waals surface area contributed by atoms with E-state index >= 15 is 0 Å². The Morgan fingerprint density at radius 2 is 2.04 bits per heavy atom. The van der Waals surface area contributed by atoms with Gasteiger partial charge in [0.15, 0.2) is 11.8 Å². The summed E-state index contributed by atoms with van der Waals surface area (Å²) in [5, 5.41) is 2.99. The zero-order valence-corrected chi connectivity index (χ0v) is 14.4. The number of esters is 1. The molecule has 0 fully saturated rings. The quantitative estimate of drug-likeness (QED) is 0.866. The third-order valence-electron chi connectivity index (χ3n) is 4.33. The Hall–Kier alpha value is -2.76. The Morgan fingerprint density at radius 1 is 1.24 bits per heavy atom. The largest absolute Gasteiger partial charge is 0.448 e.